The molecule has 0 spiro atoms. The number of esters is 4. The van der Waals surface area contributed by atoms with Crippen molar-refractivity contribution in [2.24, 2.45) is 0 Å². The van der Waals surface area contributed by atoms with Crippen LogP contribution in [0.25, 0.3) is 0 Å². The van der Waals surface area contributed by atoms with E-state index >= 15 is 0 Å². The molecular formula is C45H50F4I2O10-2. The van der Waals surface area contributed by atoms with Crippen LogP contribution in [-0.2, 0) is 47.6 Å². The molecule has 2 aliphatic rings. The van der Waals surface area contributed by atoms with Crippen LogP contribution in [0.1, 0.15) is 46.0 Å². The molecule has 10 nitrogen and oxygen atoms in total. The second-order valence-corrected chi connectivity index (χ2v) is 19.4. The van der Waals surface area contributed by atoms with Crippen molar-refractivity contribution in [2.45, 2.75) is 70.0 Å². The normalized spacial score (nSPS) is 15.9. The number of halogens is 6. The third kappa shape index (κ3) is 23.6. The summed E-state index contributed by atoms with van der Waals surface area (Å²) in [7, 11) is 0. The molecule has 0 bridgehead atoms. The molecule has 0 aliphatic carbocycles. The maximum absolute atomic E-state index is 12.4. The van der Waals surface area contributed by atoms with Crippen molar-refractivity contribution in [2.75, 3.05) is 39.6 Å². The fraction of sp³-hybridized carbons (Fsp3) is 0.378. The number of carbonyl (C=O) groups excluding carboxylic acids is 4. The number of hydrogen-bond donors (Lipinski definition) is 0. The minimum atomic E-state index is -3.60. The Balaban J connectivity index is 0.000000219. The Labute approximate surface area is 374 Å². The van der Waals surface area contributed by atoms with E-state index < -0.39 is 48.9 Å². The van der Waals surface area contributed by atoms with Crippen molar-refractivity contribution in [1.29, 1.82) is 0 Å². The molecule has 0 saturated carbocycles. The van der Waals surface area contributed by atoms with Crippen LogP contribution in [0, 0.1) is 14.3 Å². The predicted molar refractivity (Wildman–Crippen MR) is 208 cm³/mol. The van der Waals surface area contributed by atoms with E-state index in [4.69, 9.17) is 18.9 Å². The Hall–Kier alpha value is -4.14. The van der Waals surface area contributed by atoms with Gasteiger partial charge in [0.25, 0.3) is 0 Å². The van der Waals surface area contributed by atoms with E-state index in [-0.39, 0.29) is 67.8 Å². The van der Waals surface area contributed by atoms with Crippen LogP contribution in [0.5, 0.6) is 0 Å². The van der Waals surface area contributed by atoms with Crippen LogP contribution in [0.15, 0.2) is 121 Å². The number of ether oxygens (including phenoxy) is 6. The molecule has 0 amide bonds. The van der Waals surface area contributed by atoms with Gasteiger partial charge in [-0.25, -0.2) is 19.2 Å². The zero-order valence-corrected chi connectivity index (χ0v) is 38.1. The van der Waals surface area contributed by atoms with E-state index in [1.807, 2.05) is 0 Å². The van der Waals surface area contributed by atoms with Gasteiger partial charge in [-0.1, -0.05) is 0 Å². The van der Waals surface area contributed by atoms with Crippen molar-refractivity contribution in [3.63, 3.8) is 0 Å². The van der Waals surface area contributed by atoms with Gasteiger partial charge in [-0.05, 0) is 32.1 Å². The Kier molecular flexibility index (Phi) is 23.9. The summed E-state index contributed by atoms with van der Waals surface area (Å²) < 4.78 is 83.5. The monoisotopic (exact) mass is 1080 g/mol. The average Bonchev–Trinajstić information content (AvgIpc) is 3.79. The van der Waals surface area contributed by atoms with Gasteiger partial charge in [0.15, 0.2) is 13.2 Å². The third-order valence-corrected chi connectivity index (χ3v) is 13.3. The molecule has 61 heavy (non-hydrogen) atoms. The van der Waals surface area contributed by atoms with Gasteiger partial charge in [0, 0.05) is 27.1 Å². The van der Waals surface area contributed by atoms with Gasteiger partial charge in [0.2, 0.25) is 0 Å². The minimum absolute atomic E-state index is 0.0287. The van der Waals surface area contributed by atoms with Crippen molar-refractivity contribution in [3.8, 4) is 0 Å². The molecule has 2 atom stereocenters. The Morgan fingerprint density at radius 2 is 0.820 bits per heavy atom. The summed E-state index contributed by atoms with van der Waals surface area (Å²) in [6.45, 7) is 0.532. The van der Waals surface area contributed by atoms with Gasteiger partial charge in [-0.15, -0.1) is 0 Å². The van der Waals surface area contributed by atoms with E-state index in [9.17, 15) is 36.7 Å². The molecule has 2 unspecified atom stereocenters. The van der Waals surface area contributed by atoms with Gasteiger partial charge in [-0.2, -0.15) is 17.6 Å². The number of rotatable bonds is 14. The topological polar surface area (TPSA) is 124 Å². The van der Waals surface area contributed by atoms with Crippen LogP contribution in [0.2, 0.25) is 0 Å². The quantitative estimate of drug-likeness (QED) is 0.0801. The Morgan fingerprint density at radius 1 is 0.508 bits per heavy atom. The molecule has 4 aromatic carbocycles. The van der Waals surface area contributed by atoms with Gasteiger partial charge in [0.1, 0.15) is 13.2 Å². The number of hydrogen-bond acceptors (Lipinski definition) is 10. The van der Waals surface area contributed by atoms with Crippen LogP contribution >= 0.6 is 0 Å². The summed E-state index contributed by atoms with van der Waals surface area (Å²) in [6.07, 6.45) is 4.15. The molecule has 16 heteroatoms. The van der Waals surface area contributed by atoms with Crippen LogP contribution in [0.4, 0.5) is 17.6 Å². The molecule has 4 aromatic rings. The Bertz CT molecular complexity index is 1690. The molecule has 0 N–H and O–H groups in total. The first-order valence-electron chi connectivity index (χ1n) is 19.3. The van der Waals surface area contributed by atoms with Crippen LogP contribution < -0.4 is 42.4 Å². The van der Waals surface area contributed by atoms with E-state index in [0.717, 1.165) is 32.1 Å². The van der Waals surface area contributed by atoms with Crippen molar-refractivity contribution < 1.29 is 108 Å². The van der Waals surface area contributed by atoms with Crippen molar-refractivity contribution in [3.05, 3.63) is 136 Å². The molecular weight excluding hydrogens is 1030 g/mol. The first-order chi connectivity index (χ1) is 29.2. The van der Waals surface area contributed by atoms with Gasteiger partial charge < -0.3 is 28.4 Å². The van der Waals surface area contributed by atoms with Crippen molar-refractivity contribution >= 4 is 23.9 Å². The van der Waals surface area contributed by atoms with E-state index in [1.165, 1.54) is 14.3 Å². The molecule has 2 fully saturated rings. The van der Waals surface area contributed by atoms with Gasteiger partial charge in [0.05, 0.1) is 12.2 Å². The number of carbonyl (C=O) groups is 4. The zero-order chi connectivity index (χ0) is 44.4. The second kappa shape index (κ2) is 28.5. The summed E-state index contributed by atoms with van der Waals surface area (Å²) >= 11 is 0.0574. The summed E-state index contributed by atoms with van der Waals surface area (Å²) in [5.41, 5.74) is 0. The predicted octanol–water partition coefficient (Wildman–Crippen LogP) is 1.83. The molecule has 0 radical (unpaired) electrons. The van der Waals surface area contributed by atoms with E-state index in [2.05, 4.69) is 131 Å². The molecule has 0 aromatic heterocycles. The summed E-state index contributed by atoms with van der Waals surface area (Å²) in [6, 6.07) is 42.8. The van der Waals surface area contributed by atoms with Gasteiger partial charge in [-0.3, -0.25) is 0 Å². The fourth-order valence-electron chi connectivity index (χ4n) is 4.83. The van der Waals surface area contributed by atoms with Gasteiger partial charge >= 0.3 is 214 Å². The van der Waals surface area contributed by atoms with Crippen molar-refractivity contribution in [1.82, 2.24) is 0 Å². The van der Waals surface area contributed by atoms with Crippen LogP contribution in [-0.4, -0.2) is 87.6 Å². The van der Waals surface area contributed by atoms with E-state index in [1.54, 1.807) is 0 Å². The van der Waals surface area contributed by atoms with Crippen LogP contribution in [0.3, 0.4) is 0 Å². The second-order valence-electron chi connectivity index (χ2n) is 13.3. The van der Waals surface area contributed by atoms with E-state index in [0.29, 0.717) is 27.1 Å². The SMILES string of the molecule is CC(F)(F)C(=O)OCC(=O)OCC1CCCCO1.CC(F)(F)C(=O)OCC(=O)OCC1CCCO1.c1ccc([I-]c2ccccc2)cc1.c1ccc([I-]c2ccccc2)cc1. The number of benzene rings is 4. The number of alkyl halides is 4. The molecule has 2 heterocycles. The molecule has 2 aliphatic heterocycles. The first kappa shape index (κ1) is 51.2. The molecule has 334 valence electrons. The zero-order valence-electron chi connectivity index (χ0n) is 33.8. The first-order valence-corrected chi connectivity index (χ1v) is 23.6. The summed E-state index contributed by atoms with van der Waals surface area (Å²) in [4.78, 5) is 43.4. The Morgan fingerprint density at radius 3 is 1.10 bits per heavy atom. The third-order valence-electron chi connectivity index (χ3n) is 7.89. The average molecular weight is 1080 g/mol. The summed E-state index contributed by atoms with van der Waals surface area (Å²) in [5, 5.41) is 0. The standard InChI is InChI=1S/2C12H10I.C11H16F2O5.C10H14F2O5/c2*1-3-7-11(8-4-1)13-12-9-5-2-6-10-12;1-11(12,13)10(15)18-7-9(14)17-6-8-4-2-3-5-16-8;1-10(11,12)9(14)17-6-8(13)16-5-7-3-2-4-15-7/h2*1-10H;8H,2-7H2,1H3;7H,2-6H2,1H3/q2*-1;;. The fourth-order valence-corrected chi connectivity index (χ4v) is 9.37. The molecule has 6 rings (SSSR count). The summed E-state index contributed by atoms with van der Waals surface area (Å²) in [5.74, 6) is -12.4. The maximum atomic E-state index is 12.4. The molecule has 2 saturated heterocycles.